The van der Waals surface area contributed by atoms with Crippen LogP contribution in [0.5, 0.6) is 0 Å². The van der Waals surface area contributed by atoms with Gasteiger partial charge in [0.15, 0.2) is 12.6 Å². The second-order valence-corrected chi connectivity index (χ2v) is 30.1. The number of rotatable bonds is 12. The molecule has 7 rings (SSSR count). The van der Waals surface area contributed by atoms with Crippen LogP contribution in [0.3, 0.4) is 0 Å². The number of carboxylic acids is 1. The molecule has 0 aromatic heterocycles. The van der Waals surface area contributed by atoms with Crippen molar-refractivity contribution >= 4 is 23.7 Å². The molecular weight excluding hydrogens is 1130 g/mol. The molecule has 7 fully saturated rings. The van der Waals surface area contributed by atoms with E-state index < -0.39 is 132 Å². The summed E-state index contributed by atoms with van der Waals surface area (Å²) in [6.45, 7) is 30.8. The van der Waals surface area contributed by atoms with E-state index in [2.05, 4.69) is 27.7 Å². The molecule has 3 heterocycles. The summed E-state index contributed by atoms with van der Waals surface area (Å²) < 4.78 is 42.9. The fourth-order valence-electron chi connectivity index (χ4n) is 18.2. The number of cyclic esters (lactones) is 1. The van der Waals surface area contributed by atoms with Crippen LogP contribution in [-0.2, 0) is 52.3 Å². The largest absolute Gasteiger partial charge is 0.478 e. The zero-order valence-electron chi connectivity index (χ0n) is 56.8. The summed E-state index contributed by atoms with van der Waals surface area (Å²) in [6, 6.07) is -0.324. The summed E-state index contributed by atoms with van der Waals surface area (Å²) in [5.41, 5.74) is -3.27. The number of carboxylic acid groups (broad SMARTS) is 1. The number of likely N-dealkylation sites (N-methyl/N-ethyl adjacent to an activating group) is 1. The van der Waals surface area contributed by atoms with Gasteiger partial charge in [-0.3, -0.25) is 14.4 Å². The molecule has 3 aliphatic heterocycles. The third kappa shape index (κ3) is 14.5. The Morgan fingerprint density at radius 1 is 0.773 bits per heavy atom. The van der Waals surface area contributed by atoms with Crippen molar-refractivity contribution in [2.45, 2.75) is 297 Å². The van der Waals surface area contributed by atoms with Crippen molar-refractivity contribution in [3.63, 3.8) is 0 Å². The van der Waals surface area contributed by atoms with Gasteiger partial charge in [-0.05, 0) is 186 Å². The molecule has 0 bridgehead atoms. The van der Waals surface area contributed by atoms with E-state index in [1.54, 1.807) is 41.5 Å². The summed E-state index contributed by atoms with van der Waals surface area (Å²) in [6.07, 6.45) is -3.48. The number of Topliss-reactive ketones (excluding diaryl/α,β-unsaturated/α-hetero) is 1. The first-order chi connectivity index (χ1) is 40.6. The minimum Gasteiger partial charge on any atom is -0.478 e. The molecule has 4 saturated carbocycles. The number of methoxy groups -OCH3 is 1. The Labute approximate surface area is 524 Å². The number of aliphatic hydroxyl groups excluding tert-OH is 5. The number of fused-ring (bicyclic) bond motifs is 5. The van der Waals surface area contributed by atoms with Crippen LogP contribution in [0.4, 0.5) is 0 Å². The molecule has 3 saturated heterocycles. The lowest BCUT2D eigenvalue weighted by atomic mass is 9.36. The van der Waals surface area contributed by atoms with Gasteiger partial charge in [-0.15, -0.1) is 0 Å². The second kappa shape index (κ2) is 28.3. The van der Waals surface area contributed by atoms with Gasteiger partial charge in [-0.1, -0.05) is 67.0 Å². The van der Waals surface area contributed by atoms with Crippen LogP contribution in [-0.4, -0.2) is 193 Å². The summed E-state index contributed by atoms with van der Waals surface area (Å²) in [4.78, 5) is 54.6. The highest BCUT2D eigenvalue weighted by Gasteiger charge is 2.71. The van der Waals surface area contributed by atoms with Gasteiger partial charge in [0.2, 0.25) is 0 Å². The molecule has 20 heteroatoms. The second-order valence-electron chi connectivity index (χ2n) is 30.1. The van der Waals surface area contributed by atoms with E-state index in [0.29, 0.717) is 43.6 Å². The van der Waals surface area contributed by atoms with Crippen molar-refractivity contribution in [3.05, 3.63) is 22.8 Å². The molecular formula is C68H115NO19. The average molecular weight is 1250 g/mol. The first-order valence-corrected chi connectivity index (χ1v) is 32.8. The van der Waals surface area contributed by atoms with Gasteiger partial charge in [0.25, 0.3) is 0 Å². The highest BCUT2D eigenvalue weighted by molar-refractivity contribution is 5.88. The number of aliphatic hydroxyl groups is 7. The summed E-state index contributed by atoms with van der Waals surface area (Å²) in [7, 11) is 5.18. The molecule has 0 aromatic carbocycles. The van der Waals surface area contributed by atoms with Gasteiger partial charge in [-0.2, -0.15) is 0 Å². The highest BCUT2D eigenvalue weighted by Crippen LogP contribution is 2.74. The number of ketones is 1. The summed E-state index contributed by atoms with van der Waals surface area (Å²) in [5, 5.41) is 90.5. The minimum atomic E-state index is -1.99. The summed E-state index contributed by atoms with van der Waals surface area (Å²) in [5.74, 6) is -5.89. The molecule has 0 radical (unpaired) electrons. The molecule has 88 heavy (non-hydrogen) atoms. The molecule has 0 amide bonds. The Kier molecular flexibility index (Phi) is 23.8. The first kappa shape index (κ1) is 74.1. The Bertz CT molecular complexity index is 2500. The topological polar surface area (TPSA) is 298 Å². The van der Waals surface area contributed by atoms with Crippen LogP contribution in [0.25, 0.3) is 0 Å². The van der Waals surface area contributed by atoms with Gasteiger partial charge in [0.05, 0.1) is 59.8 Å². The van der Waals surface area contributed by atoms with E-state index >= 15 is 0 Å². The molecule has 8 N–H and O–H groups in total. The number of carbonyl (C=O) groups is 4. The van der Waals surface area contributed by atoms with E-state index in [-0.39, 0.29) is 71.5 Å². The fourth-order valence-corrected chi connectivity index (χ4v) is 18.2. The van der Waals surface area contributed by atoms with Crippen LogP contribution >= 0.6 is 0 Å². The molecule has 0 unspecified atom stereocenters. The maximum absolute atomic E-state index is 14.1. The Hall–Kier alpha value is -2.96. The predicted octanol–water partition coefficient (Wildman–Crippen LogP) is 7.45. The molecule has 506 valence electrons. The van der Waals surface area contributed by atoms with Crippen LogP contribution < -0.4 is 0 Å². The van der Waals surface area contributed by atoms with Crippen molar-refractivity contribution in [1.82, 2.24) is 4.90 Å². The van der Waals surface area contributed by atoms with Crippen molar-refractivity contribution < 1.29 is 93.2 Å². The average Bonchev–Trinajstić information content (AvgIpc) is 1.32. The SMILES string of the molecule is CC(=O)O[C@H]1C[C@@]2(C)[C@@H](C[C@@H](O)[C@H]3[C@@]4(C)CC[C@@H](O)[C@@H](C)[C@@H]4CC[C@@]32C)/C1=C(\CCC=C(C)C)C(=O)O.CC[C@H]1OC(=O)[C@H](C)[C@@H](O[C@H]2C[C@@](C)(OC)[C@@H](O)[C@H](C)O2)[C@H](C)[C@@H](O[C@@H]2O[C@H](C)C[C@H](N(C)C)[C@H]2O)[C@](C)(O)C[C@@H](C)C(=O)[C@H](C)[C@@H](O)[C@]1(C)O. The predicted molar refractivity (Wildman–Crippen MR) is 329 cm³/mol. The zero-order valence-corrected chi connectivity index (χ0v) is 56.8. The highest BCUT2D eigenvalue weighted by atomic mass is 16.7. The van der Waals surface area contributed by atoms with Crippen LogP contribution in [0.1, 0.15) is 195 Å². The van der Waals surface area contributed by atoms with Gasteiger partial charge in [0.1, 0.15) is 35.8 Å². The maximum Gasteiger partial charge on any atom is 0.331 e. The number of nitrogens with zero attached hydrogens (tertiary/aromatic N) is 1. The first-order valence-electron chi connectivity index (χ1n) is 32.8. The van der Waals surface area contributed by atoms with E-state index in [1.807, 2.05) is 45.8 Å². The van der Waals surface area contributed by atoms with Crippen molar-refractivity contribution in [2.24, 2.45) is 63.6 Å². The number of aliphatic carboxylic acids is 1. The van der Waals surface area contributed by atoms with E-state index in [9.17, 15) is 60.0 Å². The lowest BCUT2D eigenvalue weighted by Gasteiger charge is -2.69. The number of hydrogen-bond donors (Lipinski definition) is 8. The third-order valence-electron chi connectivity index (χ3n) is 23.4. The van der Waals surface area contributed by atoms with Crippen LogP contribution in [0.2, 0.25) is 0 Å². The lowest BCUT2D eigenvalue weighted by Crippen LogP contribution is -2.65. The molecule has 28 atom stereocenters. The molecule has 4 aliphatic carbocycles. The van der Waals surface area contributed by atoms with Crippen molar-refractivity contribution in [2.75, 3.05) is 21.2 Å². The van der Waals surface area contributed by atoms with Crippen LogP contribution in [0.15, 0.2) is 22.8 Å². The van der Waals surface area contributed by atoms with Crippen molar-refractivity contribution in [1.29, 1.82) is 0 Å². The van der Waals surface area contributed by atoms with Gasteiger partial charge in [-0.25, -0.2) is 4.79 Å². The van der Waals surface area contributed by atoms with Gasteiger partial charge < -0.3 is 78.9 Å². The molecule has 0 aromatic rings. The Balaban J connectivity index is 0.000000295. The third-order valence-corrected chi connectivity index (χ3v) is 23.4. The summed E-state index contributed by atoms with van der Waals surface area (Å²) >= 11 is 0. The fraction of sp³-hybridized carbons (Fsp3) is 0.882. The van der Waals surface area contributed by atoms with Crippen LogP contribution in [0, 0.1) is 63.6 Å². The molecule has 7 aliphatic rings. The zero-order chi connectivity index (χ0) is 66.5. The number of esters is 2. The number of ether oxygens (including phenoxy) is 7. The number of hydrogen-bond acceptors (Lipinski definition) is 19. The Morgan fingerprint density at radius 3 is 1.98 bits per heavy atom. The molecule has 20 nitrogen and oxygen atoms in total. The van der Waals surface area contributed by atoms with Gasteiger partial charge in [0, 0.05) is 49.8 Å². The maximum atomic E-state index is 14.1. The quantitative estimate of drug-likeness (QED) is 0.0534. The van der Waals surface area contributed by atoms with Gasteiger partial charge >= 0.3 is 17.9 Å². The number of carbonyl (C=O) groups excluding carboxylic acids is 3. The van der Waals surface area contributed by atoms with E-state index in [0.717, 1.165) is 36.8 Å². The van der Waals surface area contributed by atoms with E-state index in [1.165, 1.54) is 34.8 Å². The lowest BCUT2D eigenvalue weighted by molar-refractivity contribution is -0.318. The number of allylic oxidation sites excluding steroid dienone is 2. The standard InChI is InChI=1S/C37H67NO13.C31H48O6/c1-14-25-37(10,45)30(41)20(4)27(39)18(2)16-35(8,44)32(51-34-28(40)24(38(11)12)15-19(3)47-34)21(5)29(22(6)33(43)49-25)50-26-17-36(9,46-13)31(42)23(7)48-26;1-17(2)9-8-10-20(28(35)36)26-22-15-24(34)27-29(5)13-12-23(33)18(3)21(29)11-14-30(27,6)31(22,7)16-25(26)37-19(4)32/h18-26,28-32,34,40-42,44-45H,14-17H2,1-13H3;9,18,21-25,27,33-34H,8,10-16H2,1-7H3,(H,35,36)/b;26-20-/t18-,19-,20+,21+,22-,23+,24+,25-,26+,28-,29+,30-,31+,32-,34+,35-,36-,37-;18-,21-,22-,23+,24+,25-,27-,29-,30-,31-/m10/s1. The van der Waals surface area contributed by atoms with E-state index in [4.69, 9.17) is 33.2 Å². The normalized spacial score (nSPS) is 48.3. The smallest absolute Gasteiger partial charge is 0.331 e. The monoisotopic (exact) mass is 1250 g/mol. The minimum absolute atomic E-state index is 0.0474. The Morgan fingerprint density at radius 2 is 1.41 bits per heavy atom. The molecule has 0 spiro atoms. The van der Waals surface area contributed by atoms with Crippen molar-refractivity contribution in [3.8, 4) is 0 Å².